The number of benzene rings is 3. The maximum Gasteiger partial charge on any atom is 0.416 e. The first-order valence-corrected chi connectivity index (χ1v) is 10.8. The van der Waals surface area contributed by atoms with Gasteiger partial charge in [-0.25, -0.2) is 10.2 Å². The molecule has 2 N–H and O–H groups in total. The number of ether oxygens (including phenoxy) is 2. The summed E-state index contributed by atoms with van der Waals surface area (Å²) in [6, 6.07) is 14.8. The van der Waals surface area contributed by atoms with Gasteiger partial charge in [-0.1, -0.05) is 12.1 Å². The molecule has 0 heterocycles. The predicted octanol–water partition coefficient (Wildman–Crippen LogP) is 4.78. The van der Waals surface area contributed by atoms with E-state index in [-0.39, 0.29) is 17.2 Å². The summed E-state index contributed by atoms with van der Waals surface area (Å²) in [7, 11) is 1.37. The summed E-state index contributed by atoms with van der Waals surface area (Å²) < 4.78 is 49.0. The zero-order chi connectivity index (χ0) is 26.3. The van der Waals surface area contributed by atoms with Crippen LogP contribution in [0.25, 0.3) is 0 Å². The van der Waals surface area contributed by atoms with Gasteiger partial charge in [-0.15, -0.1) is 0 Å². The Labute approximate surface area is 211 Å². The van der Waals surface area contributed by atoms with Gasteiger partial charge in [0.2, 0.25) is 0 Å². The number of hydrazone groups is 1. The third-order valence-electron chi connectivity index (χ3n) is 4.54. The highest BCUT2D eigenvalue weighted by Crippen LogP contribution is 2.30. The van der Waals surface area contributed by atoms with Crippen LogP contribution in [0.15, 0.2) is 76.3 Å². The lowest BCUT2D eigenvalue weighted by Crippen LogP contribution is -2.32. The standard InChI is InChI=1S/C24H17BrF3N3O5/c1-35-20-12-14(6-11-19(20)36-23(34)17-4-2-3-5-18(17)25)13-29-31-22(33)21(32)30-16-9-7-15(8-10-16)24(26,27)28/h2-13H,1H3,(H,30,32)(H,31,33)/b29-13+. The van der Waals surface area contributed by atoms with E-state index in [1.165, 1.54) is 31.5 Å². The van der Waals surface area contributed by atoms with Crippen molar-refractivity contribution in [2.24, 2.45) is 5.10 Å². The Morgan fingerprint density at radius 1 is 0.944 bits per heavy atom. The lowest BCUT2D eigenvalue weighted by atomic mass is 10.2. The summed E-state index contributed by atoms with van der Waals surface area (Å²) >= 11 is 3.28. The molecule has 0 saturated carbocycles. The normalized spacial score (nSPS) is 11.1. The van der Waals surface area contributed by atoms with Crippen molar-refractivity contribution in [1.82, 2.24) is 5.43 Å². The topological polar surface area (TPSA) is 106 Å². The zero-order valence-electron chi connectivity index (χ0n) is 18.4. The van der Waals surface area contributed by atoms with Crippen LogP contribution in [0.2, 0.25) is 0 Å². The smallest absolute Gasteiger partial charge is 0.416 e. The van der Waals surface area contributed by atoms with Crippen LogP contribution in [0, 0.1) is 0 Å². The molecule has 3 aromatic carbocycles. The molecule has 0 aliphatic carbocycles. The molecule has 0 fully saturated rings. The number of nitrogens with one attached hydrogen (secondary N) is 2. The summed E-state index contributed by atoms with van der Waals surface area (Å²) in [4.78, 5) is 36.3. The van der Waals surface area contributed by atoms with E-state index in [0.717, 1.165) is 24.3 Å². The largest absolute Gasteiger partial charge is 0.493 e. The number of rotatable bonds is 6. The van der Waals surface area contributed by atoms with Crippen molar-refractivity contribution < 1.29 is 37.0 Å². The number of carbonyl (C=O) groups excluding carboxylic acids is 3. The van der Waals surface area contributed by atoms with Crippen molar-refractivity contribution >= 4 is 45.6 Å². The monoisotopic (exact) mass is 563 g/mol. The number of hydrogen-bond donors (Lipinski definition) is 2. The molecule has 3 rings (SSSR count). The van der Waals surface area contributed by atoms with Crippen LogP contribution >= 0.6 is 15.9 Å². The van der Waals surface area contributed by atoms with E-state index in [9.17, 15) is 27.6 Å². The molecule has 0 spiro atoms. The Morgan fingerprint density at radius 2 is 1.64 bits per heavy atom. The number of nitrogens with zero attached hydrogens (tertiary/aromatic N) is 1. The molecule has 0 bridgehead atoms. The van der Waals surface area contributed by atoms with Crippen LogP contribution < -0.4 is 20.2 Å². The number of methoxy groups -OCH3 is 1. The fraction of sp³-hybridized carbons (Fsp3) is 0.0833. The SMILES string of the molecule is COc1cc(/C=N/NC(=O)C(=O)Nc2ccc(C(F)(F)F)cc2)ccc1OC(=O)c1ccccc1Br. The van der Waals surface area contributed by atoms with Crippen LogP contribution in [0.4, 0.5) is 18.9 Å². The molecule has 36 heavy (non-hydrogen) atoms. The minimum atomic E-state index is -4.52. The van der Waals surface area contributed by atoms with E-state index in [2.05, 4.69) is 26.3 Å². The number of carbonyl (C=O) groups is 3. The molecular weight excluding hydrogens is 547 g/mol. The van der Waals surface area contributed by atoms with E-state index in [1.807, 2.05) is 5.43 Å². The summed E-state index contributed by atoms with van der Waals surface area (Å²) in [6.07, 6.45) is -3.30. The Hall–Kier alpha value is -4.19. The van der Waals surface area contributed by atoms with Gasteiger partial charge < -0.3 is 14.8 Å². The van der Waals surface area contributed by atoms with E-state index < -0.39 is 29.5 Å². The molecule has 0 unspecified atom stereocenters. The maximum absolute atomic E-state index is 12.6. The molecule has 0 radical (unpaired) electrons. The van der Waals surface area contributed by atoms with Gasteiger partial charge in [0.15, 0.2) is 11.5 Å². The highest BCUT2D eigenvalue weighted by molar-refractivity contribution is 9.10. The minimum Gasteiger partial charge on any atom is -0.493 e. The highest BCUT2D eigenvalue weighted by Gasteiger charge is 2.30. The summed E-state index contributed by atoms with van der Waals surface area (Å²) in [5, 5.41) is 5.84. The fourth-order valence-electron chi connectivity index (χ4n) is 2.78. The highest BCUT2D eigenvalue weighted by atomic mass is 79.9. The van der Waals surface area contributed by atoms with E-state index >= 15 is 0 Å². The molecule has 2 amide bonds. The van der Waals surface area contributed by atoms with Gasteiger partial charge in [-0.3, -0.25) is 9.59 Å². The van der Waals surface area contributed by atoms with Crippen molar-refractivity contribution in [3.05, 3.63) is 87.9 Å². The minimum absolute atomic E-state index is 0.00420. The van der Waals surface area contributed by atoms with E-state index in [0.29, 0.717) is 15.6 Å². The number of amides is 2. The van der Waals surface area contributed by atoms with Crippen LogP contribution in [0.5, 0.6) is 11.5 Å². The molecule has 8 nitrogen and oxygen atoms in total. The van der Waals surface area contributed by atoms with Crippen LogP contribution in [-0.4, -0.2) is 31.1 Å². The Balaban J connectivity index is 1.59. The third kappa shape index (κ3) is 6.92. The number of halogens is 4. The Kier molecular flexibility index (Phi) is 8.43. The van der Waals surface area contributed by atoms with Crippen LogP contribution in [0.1, 0.15) is 21.5 Å². The van der Waals surface area contributed by atoms with Crippen molar-refractivity contribution in [3.8, 4) is 11.5 Å². The molecular formula is C24H17BrF3N3O5. The second kappa shape index (κ2) is 11.5. The van der Waals surface area contributed by atoms with Gasteiger partial charge in [0.25, 0.3) is 0 Å². The molecule has 0 aliphatic rings. The van der Waals surface area contributed by atoms with Gasteiger partial charge in [-0.05, 0) is 76.1 Å². The molecule has 186 valence electrons. The molecule has 0 atom stereocenters. The summed E-state index contributed by atoms with van der Waals surface area (Å²) in [6.45, 7) is 0. The average molecular weight is 564 g/mol. The van der Waals surface area contributed by atoms with Gasteiger partial charge in [0.1, 0.15) is 0 Å². The van der Waals surface area contributed by atoms with E-state index in [4.69, 9.17) is 9.47 Å². The summed E-state index contributed by atoms with van der Waals surface area (Å²) in [5.74, 6) is -2.51. The second-order valence-electron chi connectivity index (χ2n) is 7.01. The molecule has 3 aromatic rings. The number of alkyl halides is 3. The molecule has 0 saturated heterocycles. The van der Waals surface area contributed by atoms with Gasteiger partial charge in [0.05, 0.1) is 24.5 Å². The lowest BCUT2D eigenvalue weighted by molar-refractivity contribution is -0.137. The van der Waals surface area contributed by atoms with Crippen LogP contribution in [0.3, 0.4) is 0 Å². The average Bonchev–Trinajstić information content (AvgIpc) is 2.84. The number of anilines is 1. The van der Waals surface area contributed by atoms with Crippen molar-refractivity contribution in [2.75, 3.05) is 12.4 Å². The Morgan fingerprint density at radius 3 is 2.28 bits per heavy atom. The third-order valence-corrected chi connectivity index (χ3v) is 5.23. The van der Waals surface area contributed by atoms with Gasteiger partial charge in [0, 0.05) is 10.2 Å². The zero-order valence-corrected chi connectivity index (χ0v) is 20.0. The molecule has 12 heteroatoms. The maximum atomic E-state index is 12.6. The molecule has 0 aromatic heterocycles. The first kappa shape index (κ1) is 26.4. The van der Waals surface area contributed by atoms with Gasteiger partial charge >= 0.3 is 24.0 Å². The predicted molar refractivity (Wildman–Crippen MR) is 128 cm³/mol. The fourth-order valence-corrected chi connectivity index (χ4v) is 3.22. The van der Waals surface area contributed by atoms with Crippen molar-refractivity contribution in [3.63, 3.8) is 0 Å². The Bertz CT molecular complexity index is 1310. The lowest BCUT2D eigenvalue weighted by Gasteiger charge is -2.10. The van der Waals surface area contributed by atoms with Crippen molar-refractivity contribution in [2.45, 2.75) is 6.18 Å². The summed E-state index contributed by atoms with van der Waals surface area (Å²) in [5.41, 5.74) is 1.88. The van der Waals surface area contributed by atoms with Crippen LogP contribution in [-0.2, 0) is 15.8 Å². The number of esters is 1. The first-order valence-electron chi connectivity index (χ1n) is 10.0. The number of hydrogen-bond acceptors (Lipinski definition) is 6. The van der Waals surface area contributed by atoms with E-state index in [1.54, 1.807) is 24.3 Å². The van der Waals surface area contributed by atoms with Gasteiger partial charge in [-0.2, -0.15) is 18.3 Å². The first-order chi connectivity index (χ1) is 17.1. The second-order valence-corrected chi connectivity index (χ2v) is 7.86. The van der Waals surface area contributed by atoms with Crippen molar-refractivity contribution in [1.29, 1.82) is 0 Å². The molecule has 0 aliphatic heterocycles. The quantitative estimate of drug-likeness (QED) is 0.147.